The van der Waals surface area contributed by atoms with Crippen molar-refractivity contribution >= 4 is 35.3 Å². The number of carbonyl (C=O) groups is 5. The summed E-state index contributed by atoms with van der Waals surface area (Å²) in [4.78, 5) is 66.4. The van der Waals surface area contributed by atoms with E-state index in [1.807, 2.05) is 76.1 Å². The van der Waals surface area contributed by atoms with Crippen molar-refractivity contribution in [2.75, 3.05) is 132 Å². The molecular formula is C43H67N3O13. The number of hydrogen-bond acceptors (Lipinski definition) is 16. The fourth-order valence-corrected chi connectivity index (χ4v) is 5.86. The standard InChI is InChI=1S/C43H67N3O13/c1-10-37(47)56-27-23-52-31-42(32-53-24-28-57-38(48)11-2,33-54-25-29-58-39(49)12-3)34-55-26-30-59-40(50)19-20-45(8)21-22-46(9)36-17-15-35(16-18-36)41(51)43(13-4,14-5)44(6)7/h10-12,15-18H,1-3,13-14,19-34H2,4-9H3. The topological polar surface area (TPSA) is 169 Å². The third-order valence-electron chi connectivity index (χ3n) is 9.57. The van der Waals surface area contributed by atoms with Gasteiger partial charge in [0.25, 0.3) is 0 Å². The van der Waals surface area contributed by atoms with Crippen LogP contribution in [0.4, 0.5) is 5.69 Å². The van der Waals surface area contributed by atoms with E-state index < -0.39 is 28.9 Å². The first-order valence-electron chi connectivity index (χ1n) is 19.8. The van der Waals surface area contributed by atoms with Crippen molar-refractivity contribution in [1.82, 2.24) is 9.80 Å². The SMILES string of the molecule is C=CC(=O)OCCOCC(COCCOC(=O)C=C)(COCCOC(=O)C=C)COCCOC(=O)CCN(C)CCN(C)c1ccc(C(=O)C(CC)(CC)N(C)C)cc1. The summed E-state index contributed by atoms with van der Waals surface area (Å²) in [5, 5.41) is 0. The van der Waals surface area contributed by atoms with Crippen molar-refractivity contribution in [3.05, 3.63) is 67.8 Å². The second-order valence-electron chi connectivity index (χ2n) is 14.0. The second kappa shape index (κ2) is 29.7. The van der Waals surface area contributed by atoms with E-state index in [2.05, 4.69) is 24.6 Å². The Morgan fingerprint density at radius 1 is 0.576 bits per heavy atom. The first kappa shape index (κ1) is 52.6. The number of ketones is 1. The van der Waals surface area contributed by atoms with E-state index >= 15 is 0 Å². The zero-order valence-corrected chi connectivity index (χ0v) is 36.0. The van der Waals surface area contributed by atoms with E-state index in [1.165, 1.54) is 0 Å². The molecule has 0 atom stereocenters. The van der Waals surface area contributed by atoms with Crippen LogP contribution in [0.15, 0.2) is 62.2 Å². The van der Waals surface area contributed by atoms with Gasteiger partial charge in [-0.3, -0.25) is 14.5 Å². The highest BCUT2D eigenvalue weighted by atomic mass is 16.6. The van der Waals surface area contributed by atoms with Crippen LogP contribution >= 0.6 is 0 Å². The Morgan fingerprint density at radius 3 is 1.36 bits per heavy atom. The predicted molar refractivity (Wildman–Crippen MR) is 223 cm³/mol. The van der Waals surface area contributed by atoms with E-state index in [9.17, 15) is 24.0 Å². The van der Waals surface area contributed by atoms with Gasteiger partial charge in [0, 0.05) is 56.2 Å². The second-order valence-corrected chi connectivity index (χ2v) is 14.0. The average molecular weight is 834 g/mol. The monoisotopic (exact) mass is 833 g/mol. The number of nitrogens with zero attached hydrogens (tertiary/aromatic N) is 3. The van der Waals surface area contributed by atoms with E-state index in [1.54, 1.807) is 0 Å². The summed E-state index contributed by atoms with van der Waals surface area (Å²) in [6.45, 7) is 16.4. The normalized spacial score (nSPS) is 11.5. The van der Waals surface area contributed by atoms with Gasteiger partial charge in [-0.2, -0.15) is 0 Å². The van der Waals surface area contributed by atoms with Crippen molar-refractivity contribution < 1.29 is 61.9 Å². The lowest BCUT2D eigenvalue weighted by Gasteiger charge is -2.37. The van der Waals surface area contributed by atoms with Crippen LogP contribution in [0, 0.1) is 5.41 Å². The number of likely N-dealkylation sites (N-methyl/N-ethyl adjacent to an activating group) is 3. The molecule has 59 heavy (non-hydrogen) atoms. The van der Waals surface area contributed by atoms with Crippen LogP contribution in [-0.2, 0) is 57.1 Å². The molecule has 1 rings (SSSR count). The largest absolute Gasteiger partial charge is 0.463 e. The molecule has 0 amide bonds. The molecule has 1 aromatic carbocycles. The van der Waals surface area contributed by atoms with Gasteiger partial charge in [0.15, 0.2) is 5.78 Å². The molecule has 0 fully saturated rings. The number of anilines is 1. The maximum absolute atomic E-state index is 13.4. The van der Waals surface area contributed by atoms with Gasteiger partial charge in [-0.1, -0.05) is 33.6 Å². The van der Waals surface area contributed by atoms with Gasteiger partial charge >= 0.3 is 23.9 Å². The molecule has 0 radical (unpaired) electrons. The molecule has 332 valence electrons. The van der Waals surface area contributed by atoms with Gasteiger partial charge < -0.3 is 47.7 Å². The van der Waals surface area contributed by atoms with Crippen LogP contribution < -0.4 is 4.90 Å². The molecule has 0 heterocycles. The van der Waals surface area contributed by atoms with Crippen LogP contribution in [0.1, 0.15) is 43.5 Å². The van der Waals surface area contributed by atoms with Crippen LogP contribution in [-0.4, -0.2) is 172 Å². The molecule has 0 unspecified atom stereocenters. The Bertz CT molecular complexity index is 1370. The number of carbonyl (C=O) groups excluding carboxylic acids is 5. The van der Waals surface area contributed by atoms with E-state index in [4.69, 9.17) is 37.9 Å². The van der Waals surface area contributed by atoms with Crippen LogP contribution in [0.5, 0.6) is 0 Å². The Morgan fingerprint density at radius 2 is 0.983 bits per heavy atom. The van der Waals surface area contributed by atoms with Gasteiger partial charge in [0.2, 0.25) is 0 Å². The number of rotatable bonds is 35. The summed E-state index contributed by atoms with van der Waals surface area (Å²) in [5.74, 6) is -2.01. The van der Waals surface area contributed by atoms with Crippen molar-refractivity contribution in [3.63, 3.8) is 0 Å². The highest BCUT2D eigenvalue weighted by molar-refractivity contribution is 6.03. The molecule has 1 aromatic rings. The van der Waals surface area contributed by atoms with Gasteiger partial charge in [0.05, 0.1) is 70.2 Å². The summed E-state index contributed by atoms with van der Waals surface area (Å²) in [6, 6.07) is 7.71. The summed E-state index contributed by atoms with van der Waals surface area (Å²) in [7, 11) is 7.82. The number of ether oxygens (including phenoxy) is 8. The maximum Gasteiger partial charge on any atom is 0.330 e. The summed E-state index contributed by atoms with van der Waals surface area (Å²) in [6.07, 6.45) is 4.78. The first-order chi connectivity index (χ1) is 28.2. The van der Waals surface area contributed by atoms with Crippen molar-refractivity contribution in [1.29, 1.82) is 0 Å². The molecule has 16 nitrogen and oxygen atoms in total. The molecule has 0 bridgehead atoms. The molecule has 0 aliphatic carbocycles. The van der Waals surface area contributed by atoms with Crippen LogP contribution in [0.2, 0.25) is 0 Å². The fraction of sp³-hybridized carbons (Fsp3) is 0.605. The molecule has 0 aliphatic heterocycles. The molecule has 0 saturated heterocycles. The molecule has 0 N–H and O–H groups in total. The van der Waals surface area contributed by atoms with E-state index in [0.29, 0.717) is 25.2 Å². The van der Waals surface area contributed by atoms with Gasteiger partial charge in [-0.25, -0.2) is 14.4 Å². The van der Waals surface area contributed by atoms with Crippen LogP contribution in [0.25, 0.3) is 0 Å². The van der Waals surface area contributed by atoms with Crippen LogP contribution in [0.3, 0.4) is 0 Å². The Kier molecular flexibility index (Phi) is 26.5. The summed E-state index contributed by atoms with van der Waals surface area (Å²) >= 11 is 0. The third kappa shape index (κ3) is 20.4. The molecule has 0 saturated carbocycles. The number of esters is 4. The molecule has 0 aliphatic rings. The molecular weight excluding hydrogens is 766 g/mol. The van der Waals surface area contributed by atoms with E-state index in [0.717, 1.165) is 36.8 Å². The Balaban J connectivity index is 2.69. The van der Waals surface area contributed by atoms with Gasteiger partial charge in [-0.15, -0.1) is 0 Å². The smallest absolute Gasteiger partial charge is 0.330 e. The minimum absolute atomic E-state index is 0.00112. The Hall–Kier alpha value is -4.45. The van der Waals surface area contributed by atoms with Crippen molar-refractivity contribution in [3.8, 4) is 0 Å². The zero-order chi connectivity index (χ0) is 44.1. The quantitative estimate of drug-likeness (QED) is 0.0320. The summed E-state index contributed by atoms with van der Waals surface area (Å²) < 4.78 is 43.8. The summed E-state index contributed by atoms with van der Waals surface area (Å²) in [5.41, 5.74) is 0.235. The molecule has 0 spiro atoms. The first-order valence-corrected chi connectivity index (χ1v) is 19.8. The van der Waals surface area contributed by atoms with Gasteiger partial charge in [-0.05, 0) is 58.3 Å². The highest BCUT2D eigenvalue weighted by Gasteiger charge is 2.37. The Labute approximate surface area is 350 Å². The molecule has 0 aromatic heterocycles. The maximum atomic E-state index is 13.4. The van der Waals surface area contributed by atoms with Crippen molar-refractivity contribution in [2.45, 2.75) is 38.6 Å². The third-order valence-corrected chi connectivity index (χ3v) is 9.57. The minimum atomic E-state index is -0.922. The zero-order valence-electron chi connectivity index (χ0n) is 36.0. The van der Waals surface area contributed by atoms with Crippen molar-refractivity contribution in [2.24, 2.45) is 5.41 Å². The number of Topliss-reactive ketones (excluding diaryl/α,β-unsaturated/α-hetero) is 1. The number of hydrogen-bond donors (Lipinski definition) is 0. The highest BCUT2D eigenvalue weighted by Crippen LogP contribution is 2.27. The van der Waals surface area contributed by atoms with Gasteiger partial charge in [0.1, 0.15) is 26.4 Å². The number of benzene rings is 1. The average Bonchev–Trinajstić information content (AvgIpc) is 3.24. The van der Waals surface area contributed by atoms with E-state index in [-0.39, 0.29) is 97.5 Å². The lowest BCUT2D eigenvalue weighted by atomic mass is 9.83. The minimum Gasteiger partial charge on any atom is -0.463 e. The predicted octanol–water partition coefficient (Wildman–Crippen LogP) is 3.53. The fourth-order valence-electron chi connectivity index (χ4n) is 5.86. The lowest BCUT2D eigenvalue weighted by molar-refractivity contribution is -0.149. The molecule has 16 heteroatoms. The lowest BCUT2D eigenvalue weighted by Crippen LogP contribution is -2.50.